The van der Waals surface area contributed by atoms with Crippen LogP contribution in [0.15, 0.2) is 12.7 Å². The van der Waals surface area contributed by atoms with Crippen LogP contribution >= 0.6 is 11.8 Å². The molecule has 1 atom stereocenters. The fraction of sp³-hybridized carbons (Fsp3) is 0.800. The zero-order valence-corrected chi connectivity index (χ0v) is 13.6. The molecule has 1 aliphatic rings. The minimum absolute atomic E-state index is 0.745. The second kappa shape index (κ2) is 9.41. The molecule has 0 N–H and O–H groups in total. The molecule has 98 valence electrons. The molecular weight excluding hydrogens is 291 g/mol. The summed E-state index contributed by atoms with van der Waals surface area (Å²) in [6, 6.07) is 0. The molecule has 0 nitrogen and oxygen atoms in total. The van der Waals surface area contributed by atoms with Gasteiger partial charge in [-0.15, -0.1) is 0 Å². The standard InChI is InChI=1S/C15H26SSe/c1-3-5-12-16-15(17)14(9-4-2)13-10-7-6-8-11-13/h4,13-14H,2-3,5-12H2,1H3. The van der Waals surface area contributed by atoms with Gasteiger partial charge in [-0.3, -0.25) is 0 Å². The quantitative estimate of drug-likeness (QED) is 0.358. The van der Waals surface area contributed by atoms with Crippen molar-refractivity contribution >= 4 is 31.1 Å². The SMILES string of the molecule is C=CCC(C(=[Se])SCCCC)C1CCCCC1. The molecule has 0 heterocycles. The molecule has 17 heavy (non-hydrogen) atoms. The van der Waals surface area contributed by atoms with Crippen LogP contribution < -0.4 is 0 Å². The van der Waals surface area contributed by atoms with E-state index in [1.54, 1.807) is 3.75 Å². The average molecular weight is 317 g/mol. The molecule has 1 aliphatic carbocycles. The Morgan fingerprint density at radius 1 is 1.41 bits per heavy atom. The average Bonchev–Trinajstić information content (AvgIpc) is 2.37. The molecule has 1 saturated carbocycles. The third-order valence-electron chi connectivity index (χ3n) is 3.68. The Balaban J connectivity index is 2.44. The van der Waals surface area contributed by atoms with Gasteiger partial charge < -0.3 is 0 Å². The van der Waals surface area contributed by atoms with Gasteiger partial charge in [0.05, 0.1) is 0 Å². The fourth-order valence-electron chi connectivity index (χ4n) is 2.62. The van der Waals surface area contributed by atoms with Crippen molar-refractivity contribution in [3.05, 3.63) is 12.7 Å². The first-order valence-corrected chi connectivity index (χ1v) is 8.91. The van der Waals surface area contributed by atoms with E-state index in [1.807, 2.05) is 0 Å². The van der Waals surface area contributed by atoms with Crippen LogP contribution in [0.5, 0.6) is 0 Å². The number of unbranched alkanes of at least 4 members (excludes halogenated alkanes) is 1. The Labute approximate surface area is 119 Å². The Kier molecular flexibility index (Phi) is 8.60. The van der Waals surface area contributed by atoms with Gasteiger partial charge in [0.1, 0.15) is 0 Å². The van der Waals surface area contributed by atoms with E-state index in [0.29, 0.717) is 0 Å². The predicted octanol–water partition coefficient (Wildman–Crippen LogP) is 4.59. The maximum atomic E-state index is 3.94. The molecule has 2 heteroatoms. The molecule has 0 saturated heterocycles. The first kappa shape index (κ1) is 15.5. The zero-order valence-electron chi connectivity index (χ0n) is 11.1. The van der Waals surface area contributed by atoms with Crippen molar-refractivity contribution in [2.75, 3.05) is 5.75 Å². The van der Waals surface area contributed by atoms with E-state index in [9.17, 15) is 0 Å². The van der Waals surface area contributed by atoms with E-state index >= 15 is 0 Å². The third-order valence-corrected chi connectivity index (χ3v) is 6.14. The van der Waals surface area contributed by atoms with E-state index in [2.05, 4.69) is 46.9 Å². The maximum absolute atomic E-state index is 3.94. The molecule has 0 aromatic carbocycles. The Bertz CT molecular complexity index is 231. The molecule has 0 aromatic heterocycles. The van der Waals surface area contributed by atoms with Crippen molar-refractivity contribution in [1.29, 1.82) is 0 Å². The minimum atomic E-state index is 0.745. The molecular formula is C15H26SSe. The van der Waals surface area contributed by atoms with E-state index in [0.717, 1.165) is 18.3 Å². The Morgan fingerprint density at radius 3 is 2.71 bits per heavy atom. The van der Waals surface area contributed by atoms with Gasteiger partial charge in [0.25, 0.3) is 0 Å². The summed E-state index contributed by atoms with van der Waals surface area (Å²) < 4.78 is 1.55. The summed E-state index contributed by atoms with van der Waals surface area (Å²) in [6.07, 6.45) is 13.1. The van der Waals surface area contributed by atoms with Crippen LogP contribution in [0.25, 0.3) is 0 Å². The van der Waals surface area contributed by atoms with Gasteiger partial charge in [-0.05, 0) is 0 Å². The molecule has 1 rings (SSSR count). The number of allylic oxidation sites excluding steroid dienone is 1. The van der Waals surface area contributed by atoms with Crippen molar-refractivity contribution in [2.45, 2.75) is 58.3 Å². The number of rotatable bonds is 8. The fourth-order valence-corrected chi connectivity index (χ4v) is 4.89. The topological polar surface area (TPSA) is 0 Å². The molecule has 0 spiro atoms. The summed E-state index contributed by atoms with van der Waals surface area (Å²) in [4.78, 5) is 0. The van der Waals surface area contributed by atoms with Crippen LogP contribution in [0, 0.1) is 11.8 Å². The second-order valence-electron chi connectivity index (χ2n) is 5.05. The molecule has 0 radical (unpaired) electrons. The summed E-state index contributed by atoms with van der Waals surface area (Å²) in [7, 11) is 0. The monoisotopic (exact) mass is 318 g/mol. The van der Waals surface area contributed by atoms with Gasteiger partial charge in [0.2, 0.25) is 0 Å². The first-order valence-electron chi connectivity index (χ1n) is 7.07. The molecule has 1 unspecified atom stereocenters. The van der Waals surface area contributed by atoms with Gasteiger partial charge in [-0.1, -0.05) is 0 Å². The second-order valence-corrected chi connectivity index (χ2v) is 7.69. The van der Waals surface area contributed by atoms with Gasteiger partial charge >= 0.3 is 120 Å². The zero-order chi connectivity index (χ0) is 12.5. The number of thioether (sulfide) groups is 1. The summed E-state index contributed by atoms with van der Waals surface area (Å²) in [5, 5.41) is 0. The van der Waals surface area contributed by atoms with Crippen LogP contribution in [-0.4, -0.2) is 25.1 Å². The molecule has 0 bridgehead atoms. The molecule has 0 aliphatic heterocycles. The molecule has 0 amide bonds. The number of hydrogen-bond acceptors (Lipinski definition) is 1. The van der Waals surface area contributed by atoms with E-state index < -0.39 is 0 Å². The summed E-state index contributed by atoms with van der Waals surface area (Å²) in [5.74, 6) is 2.93. The van der Waals surface area contributed by atoms with E-state index in [-0.39, 0.29) is 0 Å². The summed E-state index contributed by atoms with van der Waals surface area (Å²) >= 11 is 5.41. The normalized spacial score (nSPS) is 18.9. The number of hydrogen-bond donors (Lipinski definition) is 0. The summed E-state index contributed by atoms with van der Waals surface area (Å²) in [6.45, 7) is 6.20. The van der Waals surface area contributed by atoms with Crippen molar-refractivity contribution in [3.63, 3.8) is 0 Å². The van der Waals surface area contributed by atoms with E-state index in [1.165, 1.54) is 50.7 Å². The van der Waals surface area contributed by atoms with Crippen LogP contribution in [-0.2, 0) is 0 Å². The van der Waals surface area contributed by atoms with Gasteiger partial charge in [-0.25, -0.2) is 0 Å². The van der Waals surface area contributed by atoms with Crippen LogP contribution in [0.4, 0.5) is 0 Å². The van der Waals surface area contributed by atoms with E-state index in [4.69, 9.17) is 0 Å². The first-order chi connectivity index (χ1) is 8.29. The van der Waals surface area contributed by atoms with Crippen molar-refractivity contribution in [2.24, 2.45) is 11.8 Å². The van der Waals surface area contributed by atoms with Crippen LogP contribution in [0.1, 0.15) is 58.3 Å². The molecule has 0 aromatic rings. The van der Waals surface area contributed by atoms with Crippen molar-refractivity contribution in [1.82, 2.24) is 0 Å². The predicted molar refractivity (Wildman–Crippen MR) is 83.0 cm³/mol. The van der Waals surface area contributed by atoms with Crippen LogP contribution in [0.2, 0.25) is 0 Å². The third kappa shape index (κ3) is 5.77. The van der Waals surface area contributed by atoms with Crippen molar-refractivity contribution in [3.8, 4) is 0 Å². The van der Waals surface area contributed by atoms with Crippen LogP contribution in [0.3, 0.4) is 0 Å². The van der Waals surface area contributed by atoms with Gasteiger partial charge in [0, 0.05) is 0 Å². The van der Waals surface area contributed by atoms with Gasteiger partial charge in [0.15, 0.2) is 0 Å². The summed E-state index contributed by atoms with van der Waals surface area (Å²) in [5.41, 5.74) is 0. The van der Waals surface area contributed by atoms with Gasteiger partial charge in [-0.2, -0.15) is 0 Å². The Morgan fingerprint density at radius 2 is 2.12 bits per heavy atom. The molecule has 1 fully saturated rings. The van der Waals surface area contributed by atoms with Crippen molar-refractivity contribution < 1.29 is 0 Å². The Hall–Kier alpha value is 0.479.